The highest BCUT2D eigenvalue weighted by Crippen LogP contribution is 2.27. The zero-order chi connectivity index (χ0) is 14.3. The predicted molar refractivity (Wildman–Crippen MR) is 84.1 cm³/mol. The van der Waals surface area contributed by atoms with Crippen molar-refractivity contribution in [1.82, 2.24) is 0 Å². The van der Waals surface area contributed by atoms with E-state index >= 15 is 0 Å². The van der Waals surface area contributed by atoms with Gasteiger partial charge in [0.1, 0.15) is 5.82 Å². The van der Waals surface area contributed by atoms with Crippen molar-refractivity contribution in [3.05, 3.63) is 21.5 Å². The van der Waals surface area contributed by atoms with E-state index in [1.54, 1.807) is 20.3 Å². The van der Waals surface area contributed by atoms with Crippen molar-refractivity contribution in [3.63, 3.8) is 0 Å². The first-order chi connectivity index (χ1) is 9.10. The maximum Gasteiger partial charge on any atom is 0.138 e. The number of rotatable bonds is 8. The van der Waals surface area contributed by atoms with Gasteiger partial charge >= 0.3 is 0 Å². The van der Waals surface area contributed by atoms with Crippen LogP contribution < -0.4 is 10.6 Å². The maximum atomic E-state index is 13.7. The summed E-state index contributed by atoms with van der Waals surface area (Å²) in [6.07, 6.45) is 0.854. The molecule has 1 rings (SSSR count). The van der Waals surface area contributed by atoms with Crippen LogP contribution >= 0.6 is 22.6 Å². The van der Waals surface area contributed by atoms with Gasteiger partial charge in [-0.2, -0.15) is 0 Å². The molecular weight excluding hydrogens is 362 g/mol. The average molecular weight is 382 g/mol. The number of anilines is 2. The van der Waals surface area contributed by atoms with E-state index in [0.717, 1.165) is 13.0 Å². The molecule has 0 aliphatic heterocycles. The zero-order valence-electron chi connectivity index (χ0n) is 11.3. The van der Waals surface area contributed by atoms with Gasteiger partial charge in [0.2, 0.25) is 0 Å². The van der Waals surface area contributed by atoms with E-state index in [-0.39, 0.29) is 5.82 Å². The fraction of sp³-hybridized carbons (Fsp3) is 0.538. The van der Waals surface area contributed by atoms with Gasteiger partial charge in [-0.15, -0.1) is 0 Å². The summed E-state index contributed by atoms with van der Waals surface area (Å²) >= 11 is 1.94. The van der Waals surface area contributed by atoms with E-state index in [0.29, 0.717) is 34.7 Å². The molecule has 0 heterocycles. The van der Waals surface area contributed by atoms with E-state index in [9.17, 15) is 4.39 Å². The largest absolute Gasteiger partial charge is 0.397 e. The Hall–Kier alpha value is -0.600. The fourth-order valence-electron chi connectivity index (χ4n) is 1.78. The second kappa shape index (κ2) is 8.55. The first kappa shape index (κ1) is 16.5. The molecule has 19 heavy (non-hydrogen) atoms. The predicted octanol–water partition coefficient (Wildman–Crippen LogP) is 2.50. The number of hydrogen-bond donors (Lipinski definition) is 1. The first-order valence-corrected chi connectivity index (χ1v) is 7.15. The summed E-state index contributed by atoms with van der Waals surface area (Å²) < 4.78 is 24.3. The Kier molecular flexibility index (Phi) is 7.40. The summed E-state index contributed by atoms with van der Waals surface area (Å²) in [7, 11) is 3.31. The molecule has 0 aliphatic carbocycles. The number of nitrogens with zero attached hydrogens (tertiary/aromatic N) is 1. The van der Waals surface area contributed by atoms with Crippen LogP contribution in [0.4, 0.5) is 15.8 Å². The van der Waals surface area contributed by atoms with Gasteiger partial charge in [0.25, 0.3) is 0 Å². The van der Waals surface area contributed by atoms with Crippen LogP contribution in [0, 0.1) is 9.39 Å². The molecule has 2 N–H and O–H groups in total. The standard InChI is InChI=1S/C13H20FIN2O2/c1-18-6-3-4-17(5-7-19-2)13-8-10(14)11(15)9-12(13)16/h8-9H,3-7,16H2,1-2H3. The molecule has 1 aromatic carbocycles. The van der Waals surface area contributed by atoms with E-state index in [2.05, 4.69) is 0 Å². The topological polar surface area (TPSA) is 47.7 Å². The summed E-state index contributed by atoms with van der Waals surface area (Å²) in [5.74, 6) is -0.251. The number of benzene rings is 1. The van der Waals surface area contributed by atoms with E-state index in [1.165, 1.54) is 6.07 Å². The van der Waals surface area contributed by atoms with Crippen LogP contribution in [0.15, 0.2) is 12.1 Å². The molecule has 0 fully saturated rings. The Balaban J connectivity index is 2.85. The van der Waals surface area contributed by atoms with Gasteiger partial charge in [-0.25, -0.2) is 4.39 Å². The van der Waals surface area contributed by atoms with Crippen molar-refractivity contribution >= 4 is 34.0 Å². The van der Waals surface area contributed by atoms with Crippen LogP contribution in [0.2, 0.25) is 0 Å². The van der Waals surface area contributed by atoms with Crippen LogP contribution in [-0.2, 0) is 9.47 Å². The van der Waals surface area contributed by atoms with Crippen molar-refractivity contribution in [2.75, 3.05) is 51.2 Å². The van der Waals surface area contributed by atoms with Crippen LogP contribution in [0.3, 0.4) is 0 Å². The minimum absolute atomic E-state index is 0.251. The fourth-order valence-corrected chi connectivity index (χ4v) is 2.27. The van der Waals surface area contributed by atoms with Gasteiger partial charge in [0.05, 0.1) is 21.6 Å². The third-order valence-corrected chi connectivity index (χ3v) is 3.58. The molecule has 0 unspecified atom stereocenters. The number of nitrogens with two attached hydrogens (primary N) is 1. The van der Waals surface area contributed by atoms with Gasteiger partial charge in [0.15, 0.2) is 0 Å². The molecule has 0 aromatic heterocycles. The molecular formula is C13H20FIN2O2. The van der Waals surface area contributed by atoms with Gasteiger partial charge in [-0.1, -0.05) is 0 Å². The molecule has 0 bridgehead atoms. The summed E-state index contributed by atoms with van der Waals surface area (Å²) in [4.78, 5) is 2.02. The van der Waals surface area contributed by atoms with Crippen LogP contribution in [0.1, 0.15) is 6.42 Å². The summed E-state index contributed by atoms with van der Waals surface area (Å²) in [5.41, 5.74) is 7.28. The third kappa shape index (κ3) is 5.12. The maximum absolute atomic E-state index is 13.7. The van der Waals surface area contributed by atoms with E-state index in [1.807, 2.05) is 27.5 Å². The number of nitrogen functional groups attached to an aromatic ring is 1. The van der Waals surface area contributed by atoms with E-state index in [4.69, 9.17) is 15.2 Å². The molecule has 0 saturated carbocycles. The highest BCUT2D eigenvalue weighted by molar-refractivity contribution is 14.1. The molecule has 6 heteroatoms. The SMILES string of the molecule is COCCCN(CCOC)c1cc(F)c(I)cc1N. The first-order valence-electron chi connectivity index (χ1n) is 6.07. The van der Waals surface area contributed by atoms with Crippen molar-refractivity contribution in [3.8, 4) is 0 Å². The van der Waals surface area contributed by atoms with Gasteiger partial charge in [-0.05, 0) is 35.1 Å². The highest BCUT2D eigenvalue weighted by Gasteiger charge is 2.13. The summed E-state index contributed by atoms with van der Waals surface area (Å²) in [6.45, 7) is 2.65. The lowest BCUT2D eigenvalue weighted by Crippen LogP contribution is -2.30. The van der Waals surface area contributed by atoms with Crippen LogP contribution in [0.25, 0.3) is 0 Å². The Labute approximate surface area is 127 Å². The Bertz CT molecular complexity index is 404. The lowest BCUT2D eigenvalue weighted by molar-refractivity contribution is 0.191. The smallest absolute Gasteiger partial charge is 0.138 e. The lowest BCUT2D eigenvalue weighted by Gasteiger charge is -2.26. The quantitative estimate of drug-likeness (QED) is 0.427. The molecule has 4 nitrogen and oxygen atoms in total. The summed E-state index contributed by atoms with van der Waals surface area (Å²) in [5, 5.41) is 0. The van der Waals surface area contributed by atoms with Crippen molar-refractivity contribution in [2.45, 2.75) is 6.42 Å². The number of halogens is 2. The van der Waals surface area contributed by atoms with Gasteiger partial charge < -0.3 is 20.1 Å². The molecule has 0 aliphatic rings. The zero-order valence-corrected chi connectivity index (χ0v) is 13.4. The number of hydrogen-bond acceptors (Lipinski definition) is 4. The summed E-state index contributed by atoms with van der Waals surface area (Å²) in [6, 6.07) is 3.14. The molecule has 0 saturated heterocycles. The minimum atomic E-state index is -0.251. The molecule has 0 spiro atoms. The van der Waals surface area contributed by atoms with Crippen LogP contribution in [0.5, 0.6) is 0 Å². The minimum Gasteiger partial charge on any atom is -0.397 e. The lowest BCUT2D eigenvalue weighted by atomic mass is 10.2. The number of ether oxygens (including phenoxy) is 2. The molecule has 1 aromatic rings. The monoisotopic (exact) mass is 382 g/mol. The number of methoxy groups -OCH3 is 2. The highest BCUT2D eigenvalue weighted by atomic mass is 127. The third-order valence-electron chi connectivity index (χ3n) is 2.75. The average Bonchev–Trinajstić information content (AvgIpc) is 2.38. The molecule has 0 radical (unpaired) electrons. The van der Waals surface area contributed by atoms with E-state index < -0.39 is 0 Å². The molecule has 108 valence electrons. The van der Waals surface area contributed by atoms with Crippen molar-refractivity contribution in [1.29, 1.82) is 0 Å². The Morgan fingerprint density at radius 1 is 1.21 bits per heavy atom. The second-order valence-electron chi connectivity index (χ2n) is 4.15. The second-order valence-corrected chi connectivity index (χ2v) is 5.31. The molecule has 0 atom stereocenters. The normalized spacial score (nSPS) is 10.7. The van der Waals surface area contributed by atoms with Gasteiger partial charge in [-0.3, -0.25) is 0 Å². The van der Waals surface area contributed by atoms with Crippen molar-refractivity contribution < 1.29 is 13.9 Å². The van der Waals surface area contributed by atoms with Crippen LogP contribution in [-0.4, -0.2) is 40.5 Å². The van der Waals surface area contributed by atoms with Gasteiger partial charge in [0, 0.05) is 40.0 Å². The van der Waals surface area contributed by atoms with Crippen molar-refractivity contribution in [2.24, 2.45) is 0 Å². The molecule has 0 amide bonds. The Morgan fingerprint density at radius 3 is 2.53 bits per heavy atom. The Morgan fingerprint density at radius 2 is 1.89 bits per heavy atom.